The summed E-state index contributed by atoms with van der Waals surface area (Å²) in [6, 6.07) is 2.99. The van der Waals surface area contributed by atoms with Crippen LogP contribution in [0.15, 0.2) is 23.1 Å². The smallest absolute Gasteiger partial charge is 0.258 e. The van der Waals surface area contributed by atoms with Gasteiger partial charge in [0.1, 0.15) is 4.90 Å². The molecule has 11 heteroatoms. The van der Waals surface area contributed by atoms with Crippen molar-refractivity contribution in [3.05, 3.63) is 33.3 Å². The number of nitro benzene ring substituents is 1. The minimum absolute atomic E-state index is 0.105. The van der Waals surface area contributed by atoms with Crippen LogP contribution in [0.2, 0.25) is 5.02 Å². The first-order valence-electron chi connectivity index (χ1n) is 5.73. The molecule has 0 atom stereocenters. The Hall–Kier alpha value is -1.23. The number of halogens is 1. The minimum Gasteiger partial charge on any atom is -0.258 e. The van der Waals surface area contributed by atoms with E-state index >= 15 is 0 Å². The van der Waals surface area contributed by atoms with Gasteiger partial charge in [-0.15, -0.1) is 0 Å². The second-order valence-corrected chi connectivity index (χ2v) is 8.62. The van der Waals surface area contributed by atoms with E-state index in [1.54, 1.807) is 0 Å². The minimum atomic E-state index is -4.13. The molecule has 0 aliphatic heterocycles. The number of benzene rings is 1. The van der Waals surface area contributed by atoms with Crippen LogP contribution in [0, 0.1) is 10.1 Å². The Kier molecular flexibility index (Phi) is 5.68. The monoisotopic (exact) mass is 356 g/mol. The van der Waals surface area contributed by atoms with Crippen molar-refractivity contribution in [3.63, 3.8) is 0 Å². The van der Waals surface area contributed by atoms with Gasteiger partial charge in [0.2, 0.25) is 10.0 Å². The molecule has 8 nitrogen and oxygen atoms in total. The summed E-state index contributed by atoms with van der Waals surface area (Å²) >= 11 is 5.72. The molecule has 0 radical (unpaired) electrons. The van der Waals surface area contributed by atoms with E-state index in [0.717, 1.165) is 18.2 Å². The molecule has 0 amide bonds. The van der Waals surface area contributed by atoms with Crippen LogP contribution in [0.3, 0.4) is 0 Å². The number of nitrogens with zero attached hydrogens (tertiary/aromatic N) is 1. The van der Waals surface area contributed by atoms with E-state index in [4.69, 9.17) is 11.6 Å². The molecule has 0 spiro atoms. The quantitative estimate of drug-likeness (QED) is 0.573. The first-order valence-corrected chi connectivity index (χ1v) is 9.41. The summed E-state index contributed by atoms with van der Waals surface area (Å²) < 4.78 is 48.6. The average molecular weight is 357 g/mol. The first-order chi connectivity index (χ1) is 9.59. The van der Waals surface area contributed by atoms with E-state index in [1.165, 1.54) is 6.92 Å². The van der Waals surface area contributed by atoms with Crippen molar-refractivity contribution in [1.29, 1.82) is 0 Å². The number of nitro groups is 1. The van der Waals surface area contributed by atoms with Crippen LogP contribution < -0.4 is 4.72 Å². The lowest BCUT2D eigenvalue weighted by atomic mass is 10.3. The molecule has 1 aromatic rings. The van der Waals surface area contributed by atoms with Crippen LogP contribution in [0.1, 0.15) is 6.92 Å². The highest BCUT2D eigenvalue weighted by Gasteiger charge is 2.22. The van der Waals surface area contributed by atoms with Gasteiger partial charge < -0.3 is 0 Å². The number of hydrogen-bond donors (Lipinski definition) is 1. The zero-order valence-electron chi connectivity index (χ0n) is 10.9. The van der Waals surface area contributed by atoms with Gasteiger partial charge >= 0.3 is 0 Å². The maximum atomic E-state index is 12.0. The molecular formula is C10H13ClN2O6S2. The molecule has 118 valence electrons. The molecule has 0 aliphatic rings. The fraction of sp³-hybridized carbons (Fsp3) is 0.400. The average Bonchev–Trinajstić information content (AvgIpc) is 2.38. The van der Waals surface area contributed by atoms with E-state index in [1.807, 2.05) is 0 Å². The molecule has 0 heterocycles. The van der Waals surface area contributed by atoms with Gasteiger partial charge in [-0.25, -0.2) is 21.6 Å². The molecule has 1 aromatic carbocycles. The van der Waals surface area contributed by atoms with Crippen LogP contribution in [-0.4, -0.2) is 39.8 Å². The summed E-state index contributed by atoms with van der Waals surface area (Å²) in [4.78, 5) is 9.43. The maximum absolute atomic E-state index is 12.0. The highest BCUT2D eigenvalue weighted by molar-refractivity contribution is 7.91. The molecule has 0 unspecified atom stereocenters. The Balaban J connectivity index is 2.98. The van der Waals surface area contributed by atoms with Gasteiger partial charge in [-0.3, -0.25) is 10.1 Å². The summed E-state index contributed by atoms with van der Waals surface area (Å²) in [6.45, 7) is 1.11. The van der Waals surface area contributed by atoms with Gasteiger partial charge in [0.25, 0.3) is 5.69 Å². The van der Waals surface area contributed by atoms with Crippen molar-refractivity contribution < 1.29 is 21.8 Å². The van der Waals surface area contributed by atoms with Crippen molar-refractivity contribution >= 4 is 37.1 Å². The Morgan fingerprint density at radius 1 is 1.29 bits per heavy atom. The molecule has 0 aromatic heterocycles. The fourth-order valence-electron chi connectivity index (χ4n) is 1.37. The van der Waals surface area contributed by atoms with Crippen LogP contribution in [0.25, 0.3) is 0 Å². The third-order valence-electron chi connectivity index (χ3n) is 2.56. The Bertz CT molecular complexity index is 745. The molecule has 0 bridgehead atoms. The van der Waals surface area contributed by atoms with E-state index < -0.39 is 35.4 Å². The predicted octanol–water partition coefficient (Wildman–Crippen LogP) is 0.961. The summed E-state index contributed by atoms with van der Waals surface area (Å²) in [6.07, 6.45) is 0. The lowest BCUT2D eigenvalue weighted by Gasteiger charge is -2.08. The SMILES string of the molecule is CCS(=O)(=O)CCNS(=O)(=O)c1cc([N+](=O)[O-])ccc1Cl. The molecule has 0 saturated carbocycles. The van der Waals surface area contributed by atoms with Crippen molar-refractivity contribution in [3.8, 4) is 0 Å². The molecule has 21 heavy (non-hydrogen) atoms. The standard InChI is InChI=1S/C10H13ClN2O6S2/c1-2-20(16,17)6-5-12-21(18,19)10-7-8(13(14)15)3-4-9(10)11/h3-4,7,12H,2,5-6H2,1H3. The van der Waals surface area contributed by atoms with Crippen LogP contribution in [0.5, 0.6) is 0 Å². The van der Waals surface area contributed by atoms with Gasteiger partial charge in [-0.2, -0.15) is 0 Å². The Morgan fingerprint density at radius 3 is 2.43 bits per heavy atom. The molecule has 1 N–H and O–H groups in total. The lowest BCUT2D eigenvalue weighted by Crippen LogP contribution is -2.30. The second-order valence-electron chi connectivity index (χ2n) is 4.01. The summed E-state index contributed by atoms with van der Waals surface area (Å²) in [5, 5.41) is 10.5. The van der Waals surface area contributed by atoms with Gasteiger partial charge in [-0.1, -0.05) is 18.5 Å². The third-order valence-corrected chi connectivity index (χ3v) is 6.21. The van der Waals surface area contributed by atoms with Crippen LogP contribution >= 0.6 is 11.6 Å². The van der Waals surface area contributed by atoms with Crippen LogP contribution in [-0.2, 0) is 19.9 Å². The second kappa shape index (κ2) is 6.69. The molecule has 0 fully saturated rings. The normalized spacial score (nSPS) is 12.3. The molecular weight excluding hydrogens is 344 g/mol. The van der Waals surface area contributed by atoms with E-state index in [2.05, 4.69) is 4.72 Å². The third kappa shape index (κ3) is 4.92. The molecule has 0 saturated heterocycles. The van der Waals surface area contributed by atoms with Crippen molar-refractivity contribution in [2.24, 2.45) is 0 Å². The maximum Gasteiger partial charge on any atom is 0.270 e. The van der Waals surface area contributed by atoms with Gasteiger partial charge in [-0.05, 0) is 6.07 Å². The number of rotatable bonds is 7. The van der Waals surface area contributed by atoms with E-state index in [0.29, 0.717) is 0 Å². The Morgan fingerprint density at radius 2 is 1.90 bits per heavy atom. The zero-order chi connectivity index (χ0) is 16.3. The summed E-state index contributed by atoms with van der Waals surface area (Å²) in [7, 11) is -7.45. The lowest BCUT2D eigenvalue weighted by molar-refractivity contribution is -0.385. The Labute approximate surface area is 127 Å². The zero-order valence-corrected chi connectivity index (χ0v) is 13.3. The number of sulfonamides is 1. The number of sulfone groups is 1. The van der Waals surface area contributed by atoms with Gasteiger partial charge in [0.05, 0.1) is 15.7 Å². The van der Waals surface area contributed by atoms with Crippen LogP contribution in [0.4, 0.5) is 5.69 Å². The summed E-state index contributed by atoms with van der Waals surface area (Å²) in [5.41, 5.74) is -0.430. The number of hydrogen-bond acceptors (Lipinski definition) is 6. The molecule has 1 rings (SSSR count). The molecule has 0 aliphatic carbocycles. The van der Waals surface area contributed by atoms with Crippen molar-refractivity contribution in [2.45, 2.75) is 11.8 Å². The number of non-ortho nitro benzene ring substituents is 1. The van der Waals surface area contributed by atoms with Gasteiger partial charge in [0, 0.05) is 24.4 Å². The fourth-order valence-corrected chi connectivity index (χ4v) is 3.75. The first kappa shape index (κ1) is 17.8. The number of nitrogens with one attached hydrogen (secondary N) is 1. The predicted molar refractivity (Wildman–Crippen MR) is 77.6 cm³/mol. The van der Waals surface area contributed by atoms with E-state index in [9.17, 15) is 26.9 Å². The van der Waals surface area contributed by atoms with E-state index in [-0.39, 0.29) is 23.1 Å². The highest BCUT2D eigenvalue weighted by atomic mass is 35.5. The van der Waals surface area contributed by atoms with Crippen molar-refractivity contribution in [1.82, 2.24) is 4.72 Å². The highest BCUT2D eigenvalue weighted by Crippen LogP contribution is 2.25. The topological polar surface area (TPSA) is 123 Å². The summed E-state index contributed by atoms with van der Waals surface area (Å²) in [5.74, 6) is -0.471. The van der Waals surface area contributed by atoms with Crippen molar-refractivity contribution in [2.75, 3.05) is 18.1 Å². The van der Waals surface area contributed by atoms with Gasteiger partial charge in [0.15, 0.2) is 9.84 Å². The largest absolute Gasteiger partial charge is 0.270 e.